The summed E-state index contributed by atoms with van der Waals surface area (Å²) in [5.41, 5.74) is -0.774. The molecular formula is C9H17NO3. The van der Waals surface area contributed by atoms with Gasteiger partial charge in [0.25, 0.3) is 5.91 Å². The second-order valence-corrected chi connectivity index (χ2v) is 3.91. The van der Waals surface area contributed by atoms with Crippen LogP contribution in [0.1, 0.15) is 20.3 Å². The lowest BCUT2D eigenvalue weighted by Gasteiger charge is -2.27. The van der Waals surface area contributed by atoms with Crippen molar-refractivity contribution in [2.45, 2.75) is 32.0 Å². The first kappa shape index (κ1) is 10.5. The standard InChI is InChI=1S/C9H17NO3/c1-9(2,13-3)8(12)10-5-4-7(11)6-10/h7,11H,4-6H2,1-3H3. The number of amides is 1. The number of likely N-dealkylation sites (tertiary alicyclic amines) is 1. The number of β-amino-alcohol motifs (C(OH)–C–C–N with tert-alkyl or cyclic N) is 1. The van der Waals surface area contributed by atoms with Gasteiger partial charge in [-0.15, -0.1) is 0 Å². The van der Waals surface area contributed by atoms with Gasteiger partial charge in [-0.05, 0) is 20.3 Å². The Morgan fingerprint density at radius 1 is 1.62 bits per heavy atom. The van der Waals surface area contributed by atoms with E-state index in [0.29, 0.717) is 19.5 Å². The quantitative estimate of drug-likeness (QED) is 0.662. The monoisotopic (exact) mass is 187 g/mol. The molecule has 1 rings (SSSR count). The first-order chi connectivity index (χ1) is 5.97. The lowest BCUT2D eigenvalue weighted by molar-refractivity contribution is -0.150. The van der Waals surface area contributed by atoms with Gasteiger partial charge < -0.3 is 14.7 Å². The van der Waals surface area contributed by atoms with E-state index in [2.05, 4.69) is 0 Å². The molecule has 0 bridgehead atoms. The molecule has 0 aliphatic carbocycles. The molecule has 1 aliphatic heterocycles. The molecule has 1 N–H and O–H groups in total. The largest absolute Gasteiger partial charge is 0.391 e. The van der Waals surface area contributed by atoms with E-state index in [4.69, 9.17) is 4.74 Å². The molecule has 0 aromatic carbocycles. The van der Waals surface area contributed by atoms with Crippen LogP contribution in [-0.2, 0) is 9.53 Å². The second kappa shape index (κ2) is 3.64. The molecule has 1 heterocycles. The van der Waals surface area contributed by atoms with Crippen molar-refractivity contribution in [1.29, 1.82) is 0 Å². The van der Waals surface area contributed by atoms with Gasteiger partial charge in [0.2, 0.25) is 0 Å². The molecular weight excluding hydrogens is 170 g/mol. The summed E-state index contributed by atoms with van der Waals surface area (Å²) in [4.78, 5) is 13.4. The number of methoxy groups -OCH3 is 1. The van der Waals surface area contributed by atoms with Crippen molar-refractivity contribution in [2.75, 3.05) is 20.2 Å². The van der Waals surface area contributed by atoms with Gasteiger partial charge in [0.1, 0.15) is 5.60 Å². The zero-order valence-corrected chi connectivity index (χ0v) is 8.41. The van der Waals surface area contributed by atoms with Gasteiger partial charge in [0.15, 0.2) is 0 Å². The fourth-order valence-electron chi connectivity index (χ4n) is 1.39. The van der Waals surface area contributed by atoms with E-state index in [1.54, 1.807) is 18.7 Å². The normalized spacial score (nSPS) is 23.7. The van der Waals surface area contributed by atoms with Gasteiger partial charge in [-0.3, -0.25) is 4.79 Å². The molecule has 4 nitrogen and oxygen atoms in total. The SMILES string of the molecule is COC(C)(C)C(=O)N1CCC(O)C1. The molecule has 0 aromatic rings. The minimum absolute atomic E-state index is 0.0495. The van der Waals surface area contributed by atoms with Gasteiger partial charge in [-0.25, -0.2) is 0 Å². The first-order valence-electron chi connectivity index (χ1n) is 4.50. The number of hydrogen-bond donors (Lipinski definition) is 1. The van der Waals surface area contributed by atoms with Crippen LogP contribution in [0.4, 0.5) is 0 Å². The van der Waals surface area contributed by atoms with E-state index in [1.807, 2.05) is 0 Å². The first-order valence-corrected chi connectivity index (χ1v) is 4.50. The third kappa shape index (κ3) is 2.19. The fraction of sp³-hybridized carbons (Fsp3) is 0.889. The van der Waals surface area contributed by atoms with Crippen LogP contribution in [-0.4, -0.2) is 47.8 Å². The van der Waals surface area contributed by atoms with Crippen molar-refractivity contribution in [2.24, 2.45) is 0 Å². The summed E-state index contributed by atoms with van der Waals surface area (Å²) in [5.74, 6) is -0.0495. The van der Waals surface area contributed by atoms with Crippen molar-refractivity contribution in [1.82, 2.24) is 4.90 Å². The Bertz CT molecular complexity index is 203. The molecule has 1 unspecified atom stereocenters. The number of carbonyl (C=O) groups excluding carboxylic acids is 1. The molecule has 0 spiro atoms. The fourth-order valence-corrected chi connectivity index (χ4v) is 1.39. The summed E-state index contributed by atoms with van der Waals surface area (Å²) in [6.07, 6.45) is 0.308. The Hall–Kier alpha value is -0.610. The van der Waals surface area contributed by atoms with Crippen LogP contribution in [0.15, 0.2) is 0 Å². The highest BCUT2D eigenvalue weighted by Gasteiger charge is 2.35. The molecule has 0 saturated carbocycles. The van der Waals surface area contributed by atoms with Crippen LogP contribution in [0.2, 0.25) is 0 Å². The minimum atomic E-state index is -0.774. The van der Waals surface area contributed by atoms with Crippen molar-refractivity contribution in [3.63, 3.8) is 0 Å². The molecule has 1 fully saturated rings. The van der Waals surface area contributed by atoms with Crippen LogP contribution in [0, 0.1) is 0 Å². The van der Waals surface area contributed by atoms with Gasteiger partial charge in [0, 0.05) is 20.2 Å². The van der Waals surface area contributed by atoms with Crippen molar-refractivity contribution in [3.05, 3.63) is 0 Å². The summed E-state index contributed by atoms with van der Waals surface area (Å²) in [6, 6.07) is 0. The highest BCUT2D eigenvalue weighted by Crippen LogP contribution is 2.17. The third-order valence-electron chi connectivity index (χ3n) is 2.48. The molecule has 1 amide bonds. The van der Waals surface area contributed by atoms with E-state index < -0.39 is 5.60 Å². The number of rotatable bonds is 2. The average molecular weight is 187 g/mol. The Kier molecular flexibility index (Phi) is 2.93. The van der Waals surface area contributed by atoms with Gasteiger partial charge in [0.05, 0.1) is 6.10 Å². The number of aliphatic hydroxyl groups excluding tert-OH is 1. The topological polar surface area (TPSA) is 49.8 Å². The Balaban J connectivity index is 2.58. The third-order valence-corrected chi connectivity index (χ3v) is 2.48. The number of nitrogens with zero attached hydrogens (tertiary/aromatic N) is 1. The predicted octanol–water partition coefficient (Wildman–Crippen LogP) is 0.00460. The smallest absolute Gasteiger partial charge is 0.254 e. The van der Waals surface area contributed by atoms with Crippen LogP contribution in [0.5, 0.6) is 0 Å². The number of ether oxygens (including phenoxy) is 1. The van der Waals surface area contributed by atoms with Gasteiger partial charge in [-0.1, -0.05) is 0 Å². The Labute approximate surface area is 78.5 Å². The maximum atomic E-state index is 11.7. The highest BCUT2D eigenvalue weighted by atomic mass is 16.5. The molecule has 13 heavy (non-hydrogen) atoms. The van der Waals surface area contributed by atoms with Crippen molar-refractivity contribution >= 4 is 5.91 Å². The lowest BCUT2D eigenvalue weighted by atomic mass is 10.1. The van der Waals surface area contributed by atoms with E-state index in [1.165, 1.54) is 7.11 Å². The molecule has 1 saturated heterocycles. The highest BCUT2D eigenvalue weighted by molar-refractivity contribution is 5.84. The molecule has 1 atom stereocenters. The number of hydrogen-bond acceptors (Lipinski definition) is 3. The van der Waals surface area contributed by atoms with Crippen molar-refractivity contribution < 1.29 is 14.6 Å². The Morgan fingerprint density at radius 2 is 2.23 bits per heavy atom. The van der Waals surface area contributed by atoms with Crippen LogP contribution >= 0.6 is 0 Å². The van der Waals surface area contributed by atoms with Crippen LogP contribution in [0.25, 0.3) is 0 Å². The van der Waals surface area contributed by atoms with E-state index in [-0.39, 0.29) is 12.0 Å². The maximum Gasteiger partial charge on any atom is 0.254 e. The predicted molar refractivity (Wildman–Crippen MR) is 48.3 cm³/mol. The van der Waals surface area contributed by atoms with Crippen LogP contribution < -0.4 is 0 Å². The van der Waals surface area contributed by atoms with Gasteiger partial charge >= 0.3 is 0 Å². The molecule has 0 radical (unpaired) electrons. The maximum absolute atomic E-state index is 11.7. The van der Waals surface area contributed by atoms with E-state index in [0.717, 1.165) is 0 Å². The lowest BCUT2D eigenvalue weighted by Crippen LogP contribution is -2.45. The van der Waals surface area contributed by atoms with Gasteiger partial charge in [-0.2, -0.15) is 0 Å². The average Bonchev–Trinajstić information content (AvgIpc) is 2.50. The number of aliphatic hydroxyl groups is 1. The van der Waals surface area contributed by atoms with E-state index >= 15 is 0 Å². The molecule has 1 aliphatic rings. The van der Waals surface area contributed by atoms with Crippen LogP contribution in [0.3, 0.4) is 0 Å². The summed E-state index contributed by atoms with van der Waals surface area (Å²) in [5, 5.41) is 9.25. The summed E-state index contributed by atoms with van der Waals surface area (Å²) in [7, 11) is 1.52. The summed E-state index contributed by atoms with van der Waals surface area (Å²) < 4.78 is 5.07. The van der Waals surface area contributed by atoms with Crippen molar-refractivity contribution in [3.8, 4) is 0 Å². The van der Waals surface area contributed by atoms with E-state index in [9.17, 15) is 9.90 Å². The Morgan fingerprint density at radius 3 is 2.62 bits per heavy atom. The number of carbonyl (C=O) groups is 1. The summed E-state index contributed by atoms with van der Waals surface area (Å²) in [6.45, 7) is 4.54. The molecule has 76 valence electrons. The summed E-state index contributed by atoms with van der Waals surface area (Å²) >= 11 is 0. The minimum Gasteiger partial charge on any atom is -0.391 e. The second-order valence-electron chi connectivity index (χ2n) is 3.91. The molecule has 0 aromatic heterocycles. The zero-order chi connectivity index (χ0) is 10.1. The molecule has 4 heteroatoms. The zero-order valence-electron chi connectivity index (χ0n) is 8.41.